The Kier molecular flexibility index (Phi) is 4.65. The standard InChI is InChI=1S/C10H18N2O2/c1-12(4-6-13-2)8-10-9(7-11)3-5-14-10/h3,5H,4,6-8,11H2,1-2H3. The molecule has 0 spiro atoms. The molecule has 1 aromatic heterocycles. The fraction of sp³-hybridized carbons (Fsp3) is 0.600. The zero-order chi connectivity index (χ0) is 10.4. The second-order valence-electron chi connectivity index (χ2n) is 3.30. The third-order valence-corrected chi connectivity index (χ3v) is 2.15. The topological polar surface area (TPSA) is 51.6 Å². The Balaban J connectivity index is 2.42. The fourth-order valence-electron chi connectivity index (χ4n) is 1.26. The van der Waals surface area contributed by atoms with Crippen molar-refractivity contribution in [1.29, 1.82) is 0 Å². The van der Waals surface area contributed by atoms with E-state index < -0.39 is 0 Å². The molecule has 0 saturated heterocycles. The van der Waals surface area contributed by atoms with E-state index in [9.17, 15) is 0 Å². The van der Waals surface area contributed by atoms with Crippen LogP contribution in [0.2, 0.25) is 0 Å². The molecule has 0 radical (unpaired) electrons. The summed E-state index contributed by atoms with van der Waals surface area (Å²) in [6.45, 7) is 2.93. The smallest absolute Gasteiger partial charge is 0.122 e. The van der Waals surface area contributed by atoms with Crippen LogP contribution >= 0.6 is 0 Å². The van der Waals surface area contributed by atoms with E-state index in [0.29, 0.717) is 6.54 Å². The lowest BCUT2D eigenvalue weighted by Crippen LogP contribution is -2.22. The molecule has 0 aromatic carbocycles. The molecule has 0 aliphatic carbocycles. The minimum Gasteiger partial charge on any atom is -0.468 e. The number of furan rings is 1. The Bertz CT molecular complexity index is 260. The molecule has 4 nitrogen and oxygen atoms in total. The third kappa shape index (κ3) is 3.14. The Labute approximate surface area is 84.6 Å². The molecule has 1 rings (SSSR count). The van der Waals surface area contributed by atoms with Crippen LogP contribution in [0, 0.1) is 0 Å². The molecular weight excluding hydrogens is 180 g/mol. The first-order valence-electron chi connectivity index (χ1n) is 4.70. The van der Waals surface area contributed by atoms with Gasteiger partial charge in [-0.15, -0.1) is 0 Å². The summed E-state index contributed by atoms with van der Waals surface area (Å²) in [5.74, 6) is 0.950. The van der Waals surface area contributed by atoms with Crippen molar-refractivity contribution in [1.82, 2.24) is 4.90 Å². The Hall–Kier alpha value is -0.840. The van der Waals surface area contributed by atoms with E-state index in [1.165, 1.54) is 0 Å². The van der Waals surface area contributed by atoms with Crippen LogP contribution in [0.25, 0.3) is 0 Å². The van der Waals surface area contributed by atoms with Crippen LogP contribution in [-0.2, 0) is 17.8 Å². The summed E-state index contributed by atoms with van der Waals surface area (Å²) in [6, 6.07) is 1.92. The molecule has 0 unspecified atom stereocenters. The van der Waals surface area contributed by atoms with Crippen LogP contribution in [0.4, 0.5) is 0 Å². The van der Waals surface area contributed by atoms with Gasteiger partial charge in [0.15, 0.2) is 0 Å². The summed E-state index contributed by atoms with van der Waals surface area (Å²) in [5, 5.41) is 0. The minimum absolute atomic E-state index is 0.532. The van der Waals surface area contributed by atoms with Gasteiger partial charge >= 0.3 is 0 Å². The quantitative estimate of drug-likeness (QED) is 0.735. The highest BCUT2D eigenvalue weighted by Gasteiger charge is 2.07. The van der Waals surface area contributed by atoms with Gasteiger partial charge in [0.05, 0.1) is 19.4 Å². The van der Waals surface area contributed by atoms with E-state index >= 15 is 0 Å². The number of rotatable bonds is 6. The predicted molar refractivity (Wildman–Crippen MR) is 54.8 cm³/mol. The van der Waals surface area contributed by atoms with E-state index in [1.807, 2.05) is 13.1 Å². The highest BCUT2D eigenvalue weighted by atomic mass is 16.5. The molecule has 80 valence electrons. The lowest BCUT2D eigenvalue weighted by atomic mass is 10.2. The second-order valence-corrected chi connectivity index (χ2v) is 3.30. The maximum absolute atomic E-state index is 5.57. The molecule has 0 fully saturated rings. The molecule has 0 atom stereocenters. The largest absolute Gasteiger partial charge is 0.468 e. The first kappa shape index (κ1) is 11.2. The number of methoxy groups -OCH3 is 1. The number of likely N-dealkylation sites (N-methyl/N-ethyl adjacent to an activating group) is 1. The van der Waals surface area contributed by atoms with E-state index in [2.05, 4.69) is 4.90 Å². The fourth-order valence-corrected chi connectivity index (χ4v) is 1.26. The lowest BCUT2D eigenvalue weighted by Gasteiger charge is -2.14. The van der Waals surface area contributed by atoms with Crippen molar-refractivity contribution in [2.24, 2.45) is 5.73 Å². The molecule has 0 saturated carbocycles. The summed E-state index contributed by atoms with van der Waals surface area (Å²) in [4.78, 5) is 2.14. The highest BCUT2D eigenvalue weighted by molar-refractivity contribution is 5.16. The van der Waals surface area contributed by atoms with E-state index in [1.54, 1.807) is 13.4 Å². The van der Waals surface area contributed by atoms with Crippen LogP contribution in [0.3, 0.4) is 0 Å². The number of nitrogens with zero attached hydrogens (tertiary/aromatic N) is 1. The monoisotopic (exact) mass is 198 g/mol. The maximum Gasteiger partial charge on any atom is 0.122 e. The van der Waals surface area contributed by atoms with Gasteiger partial charge in [0.25, 0.3) is 0 Å². The van der Waals surface area contributed by atoms with Crippen molar-refractivity contribution in [2.45, 2.75) is 13.1 Å². The van der Waals surface area contributed by atoms with Crippen molar-refractivity contribution in [3.8, 4) is 0 Å². The number of hydrogen-bond donors (Lipinski definition) is 1. The molecular formula is C10H18N2O2. The molecule has 2 N–H and O–H groups in total. The summed E-state index contributed by atoms with van der Waals surface area (Å²) in [5.41, 5.74) is 6.65. The molecule has 1 heterocycles. The van der Waals surface area contributed by atoms with Gasteiger partial charge in [-0.05, 0) is 13.1 Å². The minimum atomic E-state index is 0.532. The Morgan fingerprint density at radius 3 is 3.00 bits per heavy atom. The summed E-state index contributed by atoms with van der Waals surface area (Å²) in [6.07, 6.45) is 1.68. The van der Waals surface area contributed by atoms with Gasteiger partial charge in [-0.25, -0.2) is 0 Å². The summed E-state index contributed by atoms with van der Waals surface area (Å²) < 4.78 is 10.3. The SMILES string of the molecule is COCCN(C)Cc1occc1CN. The van der Waals surface area contributed by atoms with Crippen molar-refractivity contribution in [2.75, 3.05) is 27.3 Å². The van der Waals surface area contributed by atoms with Gasteiger partial charge in [-0.2, -0.15) is 0 Å². The normalized spacial score (nSPS) is 11.1. The van der Waals surface area contributed by atoms with Crippen LogP contribution in [0.5, 0.6) is 0 Å². The maximum atomic E-state index is 5.57. The van der Waals surface area contributed by atoms with Gasteiger partial charge in [0.2, 0.25) is 0 Å². The van der Waals surface area contributed by atoms with Crippen molar-refractivity contribution in [3.63, 3.8) is 0 Å². The first-order chi connectivity index (χ1) is 6.77. The van der Waals surface area contributed by atoms with Crippen LogP contribution in [0.15, 0.2) is 16.7 Å². The van der Waals surface area contributed by atoms with Crippen LogP contribution in [0.1, 0.15) is 11.3 Å². The molecule has 0 bridgehead atoms. The first-order valence-corrected chi connectivity index (χ1v) is 4.70. The molecule has 0 aliphatic rings. The molecule has 1 aromatic rings. The van der Waals surface area contributed by atoms with Crippen molar-refractivity contribution < 1.29 is 9.15 Å². The zero-order valence-corrected chi connectivity index (χ0v) is 8.82. The van der Waals surface area contributed by atoms with E-state index in [-0.39, 0.29) is 0 Å². The van der Waals surface area contributed by atoms with Crippen molar-refractivity contribution in [3.05, 3.63) is 23.7 Å². The van der Waals surface area contributed by atoms with Crippen LogP contribution in [-0.4, -0.2) is 32.2 Å². The van der Waals surface area contributed by atoms with Gasteiger partial charge < -0.3 is 14.9 Å². The molecule has 14 heavy (non-hydrogen) atoms. The Morgan fingerprint density at radius 1 is 1.57 bits per heavy atom. The number of hydrogen-bond acceptors (Lipinski definition) is 4. The lowest BCUT2D eigenvalue weighted by molar-refractivity contribution is 0.154. The summed E-state index contributed by atoms with van der Waals surface area (Å²) >= 11 is 0. The van der Waals surface area contributed by atoms with Gasteiger partial charge in [-0.3, -0.25) is 4.90 Å². The second kappa shape index (κ2) is 5.80. The predicted octanol–water partition coefficient (Wildman–Crippen LogP) is 0.817. The third-order valence-electron chi connectivity index (χ3n) is 2.15. The number of ether oxygens (including phenoxy) is 1. The summed E-state index contributed by atoms with van der Waals surface area (Å²) in [7, 11) is 3.73. The zero-order valence-electron chi connectivity index (χ0n) is 8.82. The highest BCUT2D eigenvalue weighted by Crippen LogP contribution is 2.11. The van der Waals surface area contributed by atoms with Gasteiger partial charge in [0, 0.05) is 25.8 Å². The Morgan fingerprint density at radius 2 is 2.36 bits per heavy atom. The molecule has 0 aliphatic heterocycles. The van der Waals surface area contributed by atoms with E-state index in [4.69, 9.17) is 14.9 Å². The van der Waals surface area contributed by atoms with Gasteiger partial charge in [-0.1, -0.05) is 0 Å². The van der Waals surface area contributed by atoms with Gasteiger partial charge in [0.1, 0.15) is 5.76 Å². The molecule has 4 heteroatoms. The van der Waals surface area contributed by atoms with E-state index in [0.717, 1.165) is 31.0 Å². The van der Waals surface area contributed by atoms with Crippen molar-refractivity contribution >= 4 is 0 Å². The molecule has 0 amide bonds. The average molecular weight is 198 g/mol. The average Bonchev–Trinajstić information content (AvgIpc) is 2.62. The van der Waals surface area contributed by atoms with Crippen LogP contribution < -0.4 is 5.73 Å². The number of nitrogens with two attached hydrogens (primary N) is 1.